The molecule has 1 aliphatic heterocycles. The molecule has 0 spiro atoms. The van der Waals surface area contributed by atoms with Crippen molar-refractivity contribution >= 4 is 22.8 Å². The molecular formula is C16H24N6O. The van der Waals surface area contributed by atoms with Crippen LogP contribution in [0.15, 0.2) is 12.1 Å². The number of hydrogen-bond acceptors (Lipinski definition) is 7. The summed E-state index contributed by atoms with van der Waals surface area (Å²) in [5.74, 6) is 1.53. The van der Waals surface area contributed by atoms with Gasteiger partial charge in [0.05, 0.1) is 11.5 Å². The standard InChI is InChI=1S/C16H24N6O/c1-10(2)23-13-5-4-12-14(17)20-16(21-15(12)19-13)18-11-6-8-22(3)9-7-11/h4-5,10-11H,6-9H2,1-3H3,(H3,17,18,19,20,21). The maximum atomic E-state index is 6.06. The number of nitrogens with two attached hydrogens (primary N) is 1. The first-order chi connectivity index (χ1) is 11.0. The Morgan fingerprint density at radius 2 is 1.96 bits per heavy atom. The van der Waals surface area contributed by atoms with Gasteiger partial charge in [0.25, 0.3) is 0 Å². The Labute approximate surface area is 136 Å². The number of nitrogens with one attached hydrogen (secondary N) is 1. The van der Waals surface area contributed by atoms with Crippen LogP contribution >= 0.6 is 0 Å². The highest BCUT2D eigenvalue weighted by atomic mass is 16.5. The van der Waals surface area contributed by atoms with E-state index in [4.69, 9.17) is 10.5 Å². The summed E-state index contributed by atoms with van der Waals surface area (Å²) in [6, 6.07) is 4.03. The monoisotopic (exact) mass is 316 g/mol. The first-order valence-corrected chi connectivity index (χ1v) is 8.07. The third kappa shape index (κ3) is 3.79. The van der Waals surface area contributed by atoms with Gasteiger partial charge in [0.1, 0.15) is 5.82 Å². The van der Waals surface area contributed by atoms with Crippen molar-refractivity contribution in [3.8, 4) is 5.88 Å². The number of aromatic nitrogens is 3. The molecule has 1 saturated heterocycles. The van der Waals surface area contributed by atoms with E-state index in [1.807, 2.05) is 19.9 Å². The third-order valence-electron chi connectivity index (χ3n) is 3.97. The molecule has 0 amide bonds. The Morgan fingerprint density at radius 1 is 1.22 bits per heavy atom. The molecule has 7 nitrogen and oxygen atoms in total. The van der Waals surface area contributed by atoms with Crippen LogP contribution in [-0.4, -0.2) is 52.1 Å². The van der Waals surface area contributed by atoms with Crippen molar-refractivity contribution in [2.24, 2.45) is 0 Å². The molecule has 23 heavy (non-hydrogen) atoms. The largest absolute Gasteiger partial charge is 0.475 e. The van der Waals surface area contributed by atoms with Gasteiger partial charge in [-0.15, -0.1) is 0 Å². The molecule has 0 aromatic carbocycles. The molecule has 0 aliphatic carbocycles. The zero-order valence-electron chi connectivity index (χ0n) is 13.9. The van der Waals surface area contributed by atoms with E-state index in [0.717, 1.165) is 31.3 Å². The minimum atomic E-state index is 0.0657. The van der Waals surface area contributed by atoms with E-state index in [1.165, 1.54) is 0 Å². The summed E-state index contributed by atoms with van der Waals surface area (Å²) in [5, 5.41) is 4.13. The van der Waals surface area contributed by atoms with E-state index in [0.29, 0.717) is 29.3 Å². The van der Waals surface area contributed by atoms with Crippen LogP contribution in [0.3, 0.4) is 0 Å². The average molecular weight is 316 g/mol. The van der Waals surface area contributed by atoms with E-state index in [-0.39, 0.29) is 6.10 Å². The molecule has 3 N–H and O–H groups in total. The number of likely N-dealkylation sites (tertiary alicyclic amines) is 1. The number of fused-ring (bicyclic) bond motifs is 1. The maximum absolute atomic E-state index is 6.06. The van der Waals surface area contributed by atoms with Crippen LogP contribution in [0.5, 0.6) is 5.88 Å². The highest BCUT2D eigenvalue weighted by Crippen LogP contribution is 2.22. The fourth-order valence-corrected chi connectivity index (χ4v) is 2.72. The number of pyridine rings is 1. The predicted octanol–water partition coefficient (Wildman–Crippen LogP) is 1.90. The molecule has 0 atom stereocenters. The van der Waals surface area contributed by atoms with Gasteiger partial charge in [-0.2, -0.15) is 15.0 Å². The minimum absolute atomic E-state index is 0.0657. The lowest BCUT2D eigenvalue weighted by atomic mass is 10.1. The maximum Gasteiger partial charge on any atom is 0.226 e. The minimum Gasteiger partial charge on any atom is -0.475 e. The quantitative estimate of drug-likeness (QED) is 0.890. The average Bonchev–Trinajstić information content (AvgIpc) is 2.49. The Balaban J connectivity index is 1.83. The first kappa shape index (κ1) is 15.7. The van der Waals surface area contributed by atoms with Crippen LogP contribution in [0.1, 0.15) is 26.7 Å². The summed E-state index contributed by atoms with van der Waals surface area (Å²) >= 11 is 0. The lowest BCUT2D eigenvalue weighted by Gasteiger charge is -2.29. The highest BCUT2D eigenvalue weighted by Gasteiger charge is 2.18. The van der Waals surface area contributed by atoms with Gasteiger partial charge in [-0.3, -0.25) is 0 Å². The number of ether oxygens (including phenoxy) is 1. The zero-order valence-corrected chi connectivity index (χ0v) is 13.9. The number of nitrogen functional groups attached to an aromatic ring is 1. The Morgan fingerprint density at radius 3 is 2.65 bits per heavy atom. The van der Waals surface area contributed by atoms with Crippen molar-refractivity contribution in [1.29, 1.82) is 0 Å². The molecule has 0 radical (unpaired) electrons. The Bertz CT molecular complexity index is 682. The molecule has 3 heterocycles. The van der Waals surface area contributed by atoms with Crippen molar-refractivity contribution in [3.63, 3.8) is 0 Å². The number of rotatable bonds is 4. The van der Waals surface area contributed by atoms with Crippen LogP contribution in [-0.2, 0) is 0 Å². The normalized spacial score (nSPS) is 16.9. The fourth-order valence-electron chi connectivity index (χ4n) is 2.72. The van der Waals surface area contributed by atoms with Crippen LogP contribution in [0.2, 0.25) is 0 Å². The fraction of sp³-hybridized carbons (Fsp3) is 0.562. The summed E-state index contributed by atoms with van der Waals surface area (Å²) in [5.41, 5.74) is 6.62. The Hall–Kier alpha value is -2.15. The van der Waals surface area contributed by atoms with E-state index in [9.17, 15) is 0 Å². The molecule has 124 valence electrons. The lowest BCUT2D eigenvalue weighted by Crippen LogP contribution is -2.37. The number of hydrogen-bond donors (Lipinski definition) is 2. The van der Waals surface area contributed by atoms with E-state index >= 15 is 0 Å². The van der Waals surface area contributed by atoms with Gasteiger partial charge in [-0.05, 0) is 52.9 Å². The molecule has 7 heteroatoms. The summed E-state index contributed by atoms with van der Waals surface area (Å²) in [4.78, 5) is 15.6. The van der Waals surface area contributed by atoms with E-state index in [1.54, 1.807) is 6.07 Å². The van der Waals surface area contributed by atoms with Crippen molar-refractivity contribution in [3.05, 3.63) is 12.1 Å². The topological polar surface area (TPSA) is 89.2 Å². The van der Waals surface area contributed by atoms with Crippen LogP contribution in [0.4, 0.5) is 11.8 Å². The second-order valence-electron chi connectivity index (χ2n) is 6.34. The SMILES string of the molecule is CC(C)Oc1ccc2c(N)nc(NC3CCN(C)CC3)nc2n1. The number of piperidine rings is 1. The van der Waals surface area contributed by atoms with Gasteiger partial charge in [0.15, 0.2) is 5.65 Å². The van der Waals surface area contributed by atoms with Gasteiger partial charge in [0.2, 0.25) is 11.8 Å². The summed E-state index contributed by atoms with van der Waals surface area (Å²) in [6.45, 7) is 6.08. The molecule has 1 aliphatic rings. The molecule has 2 aromatic heterocycles. The number of anilines is 2. The molecule has 2 aromatic rings. The summed E-state index contributed by atoms with van der Waals surface area (Å²) in [7, 11) is 2.14. The molecule has 0 saturated carbocycles. The zero-order chi connectivity index (χ0) is 16.4. The van der Waals surface area contributed by atoms with Gasteiger partial charge < -0.3 is 20.7 Å². The predicted molar refractivity (Wildman–Crippen MR) is 91.7 cm³/mol. The highest BCUT2D eigenvalue weighted by molar-refractivity contribution is 5.86. The lowest BCUT2D eigenvalue weighted by molar-refractivity contribution is 0.233. The van der Waals surface area contributed by atoms with Crippen molar-refractivity contribution in [2.45, 2.75) is 38.8 Å². The van der Waals surface area contributed by atoms with E-state index in [2.05, 4.69) is 32.2 Å². The van der Waals surface area contributed by atoms with Gasteiger partial charge in [-0.25, -0.2) is 0 Å². The van der Waals surface area contributed by atoms with Crippen molar-refractivity contribution in [2.75, 3.05) is 31.2 Å². The smallest absolute Gasteiger partial charge is 0.226 e. The molecule has 0 bridgehead atoms. The van der Waals surface area contributed by atoms with Gasteiger partial charge >= 0.3 is 0 Å². The summed E-state index contributed by atoms with van der Waals surface area (Å²) < 4.78 is 5.63. The molecular weight excluding hydrogens is 292 g/mol. The second kappa shape index (κ2) is 6.54. The second-order valence-corrected chi connectivity index (χ2v) is 6.34. The first-order valence-electron chi connectivity index (χ1n) is 8.07. The van der Waals surface area contributed by atoms with Gasteiger partial charge in [-0.1, -0.05) is 0 Å². The summed E-state index contributed by atoms with van der Waals surface area (Å²) in [6.07, 6.45) is 2.21. The molecule has 3 rings (SSSR count). The van der Waals surface area contributed by atoms with E-state index < -0.39 is 0 Å². The van der Waals surface area contributed by atoms with Crippen LogP contribution in [0, 0.1) is 0 Å². The Kier molecular flexibility index (Phi) is 4.47. The number of nitrogens with zero attached hydrogens (tertiary/aromatic N) is 4. The van der Waals surface area contributed by atoms with Crippen molar-refractivity contribution < 1.29 is 4.74 Å². The van der Waals surface area contributed by atoms with Crippen LogP contribution < -0.4 is 15.8 Å². The third-order valence-corrected chi connectivity index (χ3v) is 3.97. The molecule has 1 fully saturated rings. The van der Waals surface area contributed by atoms with Crippen LogP contribution in [0.25, 0.3) is 11.0 Å². The van der Waals surface area contributed by atoms with Crippen molar-refractivity contribution in [1.82, 2.24) is 19.9 Å². The van der Waals surface area contributed by atoms with Gasteiger partial charge in [0, 0.05) is 12.1 Å². The molecule has 0 unspecified atom stereocenters.